The Morgan fingerprint density at radius 2 is 1.80 bits per heavy atom. The van der Waals surface area contributed by atoms with Crippen LogP contribution in [0, 0.1) is 5.92 Å². The fourth-order valence-corrected chi connectivity index (χ4v) is 3.40. The summed E-state index contributed by atoms with van der Waals surface area (Å²) in [4.78, 5) is 10.6. The Kier molecular flexibility index (Phi) is 5.63. The zero-order valence-corrected chi connectivity index (χ0v) is 12.5. The molecule has 0 unspecified atom stereocenters. The SMILES string of the molecule is CCC[C@H]1CC[C@H](c2ccc(CCC(=O)O)cc2)CC1. The Hall–Kier alpha value is -1.31. The molecule has 0 amide bonds. The van der Waals surface area contributed by atoms with Crippen LogP contribution in [0.4, 0.5) is 0 Å². The first-order chi connectivity index (χ1) is 9.69. The van der Waals surface area contributed by atoms with E-state index in [-0.39, 0.29) is 6.42 Å². The Bertz CT molecular complexity index is 414. The van der Waals surface area contributed by atoms with Gasteiger partial charge in [-0.25, -0.2) is 0 Å². The van der Waals surface area contributed by atoms with Crippen LogP contribution < -0.4 is 0 Å². The summed E-state index contributed by atoms with van der Waals surface area (Å²) in [6.45, 7) is 2.28. The lowest BCUT2D eigenvalue weighted by Crippen LogP contribution is -2.13. The quantitative estimate of drug-likeness (QED) is 0.810. The monoisotopic (exact) mass is 274 g/mol. The maximum atomic E-state index is 10.6. The fourth-order valence-electron chi connectivity index (χ4n) is 3.40. The molecule has 1 fully saturated rings. The van der Waals surface area contributed by atoms with E-state index in [1.54, 1.807) is 0 Å². The van der Waals surface area contributed by atoms with Gasteiger partial charge in [0.05, 0.1) is 0 Å². The molecule has 0 spiro atoms. The molecule has 1 aromatic carbocycles. The predicted octanol–water partition coefficient (Wildman–Crippen LogP) is 4.78. The molecule has 0 radical (unpaired) electrons. The smallest absolute Gasteiger partial charge is 0.303 e. The van der Waals surface area contributed by atoms with Crippen LogP contribution >= 0.6 is 0 Å². The standard InChI is InChI=1S/C18H26O2/c1-2-3-14-4-9-16(10-5-14)17-11-6-15(7-12-17)8-13-18(19)20/h6-7,11-12,14,16H,2-5,8-10,13H2,1H3,(H,19,20)/t14-,16-. The molecule has 110 valence electrons. The van der Waals surface area contributed by atoms with Gasteiger partial charge in [-0.1, -0.05) is 44.0 Å². The van der Waals surface area contributed by atoms with Crippen molar-refractivity contribution in [3.63, 3.8) is 0 Å². The number of aliphatic carboxylic acids is 1. The van der Waals surface area contributed by atoms with E-state index in [1.807, 2.05) is 0 Å². The van der Waals surface area contributed by atoms with E-state index in [1.165, 1.54) is 44.1 Å². The van der Waals surface area contributed by atoms with Gasteiger partial charge in [0.25, 0.3) is 0 Å². The number of hydrogen-bond acceptors (Lipinski definition) is 1. The van der Waals surface area contributed by atoms with Gasteiger partial charge in [-0.05, 0) is 55.1 Å². The van der Waals surface area contributed by atoms with Gasteiger partial charge >= 0.3 is 5.97 Å². The first-order valence-electron chi connectivity index (χ1n) is 7.99. The van der Waals surface area contributed by atoms with Gasteiger partial charge in [0.2, 0.25) is 0 Å². The van der Waals surface area contributed by atoms with Crippen LogP contribution in [0.3, 0.4) is 0 Å². The first-order valence-corrected chi connectivity index (χ1v) is 7.99. The summed E-state index contributed by atoms with van der Waals surface area (Å²) in [5.74, 6) is 0.950. The van der Waals surface area contributed by atoms with Crippen LogP contribution in [0.2, 0.25) is 0 Å². The third-order valence-electron chi connectivity index (χ3n) is 4.62. The topological polar surface area (TPSA) is 37.3 Å². The molecule has 1 aliphatic carbocycles. The maximum absolute atomic E-state index is 10.6. The number of hydrogen-bond donors (Lipinski definition) is 1. The highest BCUT2D eigenvalue weighted by Crippen LogP contribution is 2.37. The first kappa shape index (κ1) is 15.1. The van der Waals surface area contributed by atoms with Crippen molar-refractivity contribution in [1.29, 1.82) is 0 Å². The van der Waals surface area contributed by atoms with Crippen molar-refractivity contribution in [2.45, 2.75) is 64.2 Å². The number of rotatable bonds is 6. The highest BCUT2D eigenvalue weighted by atomic mass is 16.4. The minimum Gasteiger partial charge on any atom is -0.481 e. The largest absolute Gasteiger partial charge is 0.481 e. The molecular formula is C18H26O2. The van der Waals surface area contributed by atoms with Crippen molar-refractivity contribution in [1.82, 2.24) is 0 Å². The molecule has 2 rings (SSSR count). The molecule has 1 saturated carbocycles. The molecule has 1 aromatic rings. The van der Waals surface area contributed by atoms with Crippen molar-refractivity contribution in [2.24, 2.45) is 5.92 Å². The fraction of sp³-hybridized carbons (Fsp3) is 0.611. The highest BCUT2D eigenvalue weighted by Gasteiger charge is 2.21. The zero-order valence-electron chi connectivity index (χ0n) is 12.5. The van der Waals surface area contributed by atoms with E-state index in [4.69, 9.17) is 5.11 Å². The summed E-state index contributed by atoms with van der Waals surface area (Å²) in [6, 6.07) is 8.64. The van der Waals surface area contributed by atoms with Gasteiger partial charge < -0.3 is 5.11 Å². The summed E-state index contributed by atoms with van der Waals surface area (Å²) in [7, 11) is 0. The van der Waals surface area contributed by atoms with Crippen LogP contribution in [-0.2, 0) is 11.2 Å². The molecule has 0 atom stereocenters. The Labute approximate surface area is 122 Å². The third kappa shape index (κ3) is 4.36. The summed E-state index contributed by atoms with van der Waals surface area (Å²) in [5.41, 5.74) is 2.58. The van der Waals surface area contributed by atoms with E-state index in [0.717, 1.165) is 17.4 Å². The normalized spacial score (nSPS) is 22.6. The van der Waals surface area contributed by atoms with Gasteiger partial charge in [0.15, 0.2) is 0 Å². The number of benzene rings is 1. The van der Waals surface area contributed by atoms with Crippen LogP contribution in [0.5, 0.6) is 0 Å². The van der Waals surface area contributed by atoms with Gasteiger partial charge in [0, 0.05) is 6.42 Å². The van der Waals surface area contributed by atoms with Crippen LogP contribution in [0.1, 0.15) is 68.9 Å². The van der Waals surface area contributed by atoms with Gasteiger partial charge in [-0.15, -0.1) is 0 Å². The molecular weight excluding hydrogens is 248 g/mol. The molecule has 2 heteroatoms. The van der Waals surface area contributed by atoms with Gasteiger partial charge in [-0.2, -0.15) is 0 Å². The Morgan fingerprint density at radius 1 is 1.15 bits per heavy atom. The average Bonchev–Trinajstić information content (AvgIpc) is 2.47. The molecule has 2 nitrogen and oxygen atoms in total. The second-order valence-electron chi connectivity index (χ2n) is 6.14. The molecule has 20 heavy (non-hydrogen) atoms. The molecule has 0 aromatic heterocycles. The zero-order chi connectivity index (χ0) is 14.4. The molecule has 1 N–H and O–H groups in total. The molecule has 1 aliphatic rings. The van der Waals surface area contributed by atoms with Crippen molar-refractivity contribution >= 4 is 5.97 Å². The van der Waals surface area contributed by atoms with E-state index >= 15 is 0 Å². The van der Waals surface area contributed by atoms with Crippen molar-refractivity contribution in [3.05, 3.63) is 35.4 Å². The number of carboxylic acid groups (broad SMARTS) is 1. The molecule has 0 saturated heterocycles. The van der Waals surface area contributed by atoms with E-state index < -0.39 is 5.97 Å². The Balaban J connectivity index is 1.86. The van der Waals surface area contributed by atoms with Crippen LogP contribution in [-0.4, -0.2) is 11.1 Å². The molecule has 0 bridgehead atoms. The lowest BCUT2D eigenvalue weighted by Gasteiger charge is -2.28. The minimum atomic E-state index is -0.719. The van der Waals surface area contributed by atoms with E-state index in [0.29, 0.717) is 6.42 Å². The summed E-state index contributed by atoms with van der Waals surface area (Å²) < 4.78 is 0. The lowest BCUT2D eigenvalue weighted by molar-refractivity contribution is -0.136. The lowest BCUT2D eigenvalue weighted by atomic mass is 9.77. The summed E-state index contributed by atoms with van der Waals surface area (Å²) in [5, 5.41) is 8.70. The van der Waals surface area contributed by atoms with Crippen molar-refractivity contribution in [3.8, 4) is 0 Å². The number of carbonyl (C=O) groups is 1. The second-order valence-corrected chi connectivity index (χ2v) is 6.14. The summed E-state index contributed by atoms with van der Waals surface area (Å²) >= 11 is 0. The van der Waals surface area contributed by atoms with Crippen LogP contribution in [0.25, 0.3) is 0 Å². The molecule has 0 heterocycles. The molecule has 0 aliphatic heterocycles. The number of carboxylic acids is 1. The van der Waals surface area contributed by atoms with Gasteiger partial charge in [0.1, 0.15) is 0 Å². The minimum absolute atomic E-state index is 0.224. The summed E-state index contributed by atoms with van der Waals surface area (Å²) in [6.07, 6.45) is 8.95. The average molecular weight is 274 g/mol. The second kappa shape index (κ2) is 7.47. The van der Waals surface area contributed by atoms with E-state index in [9.17, 15) is 4.79 Å². The number of aryl methyl sites for hydroxylation is 1. The highest BCUT2D eigenvalue weighted by molar-refractivity contribution is 5.67. The van der Waals surface area contributed by atoms with Crippen molar-refractivity contribution < 1.29 is 9.90 Å². The van der Waals surface area contributed by atoms with E-state index in [2.05, 4.69) is 31.2 Å². The van der Waals surface area contributed by atoms with Crippen molar-refractivity contribution in [2.75, 3.05) is 0 Å². The van der Waals surface area contributed by atoms with Crippen LogP contribution in [0.15, 0.2) is 24.3 Å². The Morgan fingerprint density at radius 3 is 2.35 bits per heavy atom. The van der Waals surface area contributed by atoms with Gasteiger partial charge in [-0.3, -0.25) is 4.79 Å². The predicted molar refractivity (Wildman–Crippen MR) is 82.0 cm³/mol. The maximum Gasteiger partial charge on any atom is 0.303 e. The third-order valence-corrected chi connectivity index (χ3v) is 4.62.